The molecule has 0 spiro atoms. The molecule has 0 amide bonds. The SMILES string of the molecule is CCOC(=O)c1cnc2nc(OC)ccc2c1Cl. The molecule has 94 valence electrons. The van der Waals surface area contributed by atoms with Gasteiger partial charge in [0, 0.05) is 17.6 Å². The van der Waals surface area contributed by atoms with E-state index in [-0.39, 0.29) is 17.2 Å². The number of ether oxygens (including phenoxy) is 2. The molecule has 0 atom stereocenters. The van der Waals surface area contributed by atoms with Crippen molar-refractivity contribution in [2.75, 3.05) is 13.7 Å². The third-order valence-electron chi connectivity index (χ3n) is 2.34. The number of methoxy groups -OCH3 is 1. The van der Waals surface area contributed by atoms with E-state index < -0.39 is 5.97 Å². The lowest BCUT2D eigenvalue weighted by Gasteiger charge is -2.06. The molecule has 0 fully saturated rings. The lowest BCUT2D eigenvalue weighted by molar-refractivity contribution is 0.0526. The Balaban J connectivity index is 2.54. The predicted molar refractivity (Wildman–Crippen MR) is 67.1 cm³/mol. The number of hydrogen-bond donors (Lipinski definition) is 0. The summed E-state index contributed by atoms with van der Waals surface area (Å²) in [4.78, 5) is 19.8. The summed E-state index contributed by atoms with van der Waals surface area (Å²) < 4.78 is 9.89. The first-order valence-corrected chi connectivity index (χ1v) is 5.71. The van der Waals surface area contributed by atoms with Crippen LogP contribution in [0.1, 0.15) is 17.3 Å². The lowest BCUT2D eigenvalue weighted by atomic mass is 10.2. The second kappa shape index (κ2) is 5.18. The maximum atomic E-state index is 11.6. The molecule has 2 aromatic heterocycles. The van der Waals surface area contributed by atoms with Gasteiger partial charge in [-0.15, -0.1) is 0 Å². The Morgan fingerprint density at radius 3 is 2.89 bits per heavy atom. The van der Waals surface area contributed by atoms with Gasteiger partial charge in [-0.3, -0.25) is 0 Å². The fourth-order valence-corrected chi connectivity index (χ4v) is 1.77. The number of aromatic nitrogens is 2. The zero-order chi connectivity index (χ0) is 13.1. The molecule has 5 nitrogen and oxygen atoms in total. The van der Waals surface area contributed by atoms with Crippen molar-refractivity contribution in [2.45, 2.75) is 6.92 Å². The van der Waals surface area contributed by atoms with Crippen molar-refractivity contribution in [2.24, 2.45) is 0 Å². The van der Waals surface area contributed by atoms with Gasteiger partial charge in [0.2, 0.25) is 5.88 Å². The first kappa shape index (κ1) is 12.6. The van der Waals surface area contributed by atoms with E-state index in [0.29, 0.717) is 16.9 Å². The quantitative estimate of drug-likeness (QED) is 0.799. The topological polar surface area (TPSA) is 61.3 Å². The molecule has 0 radical (unpaired) electrons. The van der Waals surface area contributed by atoms with E-state index in [0.717, 1.165) is 0 Å². The molecule has 0 unspecified atom stereocenters. The fourth-order valence-electron chi connectivity index (χ4n) is 1.49. The van der Waals surface area contributed by atoms with E-state index in [9.17, 15) is 4.79 Å². The van der Waals surface area contributed by atoms with Gasteiger partial charge in [-0.25, -0.2) is 9.78 Å². The number of carbonyl (C=O) groups excluding carboxylic acids is 1. The van der Waals surface area contributed by atoms with E-state index in [1.165, 1.54) is 13.3 Å². The summed E-state index contributed by atoms with van der Waals surface area (Å²) in [5.41, 5.74) is 0.658. The van der Waals surface area contributed by atoms with Gasteiger partial charge < -0.3 is 9.47 Å². The van der Waals surface area contributed by atoms with Crippen molar-refractivity contribution in [3.05, 3.63) is 28.9 Å². The average molecular weight is 267 g/mol. The van der Waals surface area contributed by atoms with E-state index in [1.807, 2.05) is 0 Å². The van der Waals surface area contributed by atoms with Crippen LogP contribution in [-0.4, -0.2) is 29.7 Å². The highest BCUT2D eigenvalue weighted by atomic mass is 35.5. The third kappa shape index (κ3) is 2.22. The number of hydrogen-bond acceptors (Lipinski definition) is 5. The summed E-state index contributed by atoms with van der Waals surface area (Å²) in [5.74, 6) is -0.0531. The number of esters is 1. The summed E-state index contributed by atoms with van der Waals surface area (Å²) in [6.07, 6.45) is 1.36. The van der Waals surface area contributed by atoms with E-state index in [1.54, 1.807) is 19.1 Å². The second-order valence-electron chi connectivity index (χ2n) is 3.43. The highest BCUT2D eigenvalue weighted by Crippen LogP contribution is 2.26. The molecule has 0 aliphatic rings. The van der Waals surface area contributed by atoms with Crippen LogP contribution >= 0.6 is 11.6 Å². The van der Waals surface area contributed by atoms with Crippen LogP contribution in [0, 0.1) is 0 Å². The molecular formula is C12H11ClN2O3. The standard InChI is InChI=1S/C12H11ClN2O3/c1-3-18-12(16)8-6-14-11-7(10(8)13)4-5-9(15-11)17-2/h4-6H,3H2,1-2H3. The monoisotopic (exact) mass is 266 g/mol. The van der Waals surface area contributed by atoms with Crippen molar-refractivity contribution < 1.29 is 14.3 Å². The average Bonchev–Trinajstić information content (AvgIpc) is 2.38. The summed E-state index contributed by atoms with van der Waals surface area (Å²) >= 11 is 6.15. The van der Waals surface area contributed by atoms with Crippen LogP contribution in [0.3, 0.4) is 0 Å². The minimum atomic E-state index is -0.493. The summed E-state index contributed by atoms with van der Waals surface area (Å²) in [5, 5.41) is 0.872. The van der Waals surface area contributed by atoms with E-state index in [2.05, 4.69) is 9.97 Å². The molecule has 0 aliphatic carbocycles. The van der Waals surface area contributed by atoms with Crippen molar-refractivity contribution in [3.63, 3.8) is 0 Å². The Morgan fingerprint density at radius 1 is 1.44 bits per heavy atom. The molecule has 0 N–H and O–H groups in total. The molecule has 2 heterocycles. The van der Waals surface area contributed by atoms with E-state index >= 15 is 0 Å². The maximum absolute atomic E-state index is 11.6. The highest BCUT2D eigenvalue weighted by molar-refractivity contribution is 6.38. The molecule has 0 saturated carbocycles. The van der Waals surface area contributed by atoms with Crippen LogP contribution in [0.2, 0.25) is 5.02 Å². The van der Waals surface area contributed by atoms with Gasteiger partial charge in [0.1, 0.15) is 0 Å². The van der Waals surface area contributed by atoms with Gasteiger partial charge in [0.15, 0.2) is 5.65 Å². The third-order valence-corrected chi connectivity index (χ3v) is 2.75. The molecule has 0 aliphatic heterocycles. The molecule has 0 bridgehead atoms. The van der Waals surface area contributed by atoms with Gasteiger partial charge in [0.05, 0.1) is 24.3 Å². The van der Waals surface area contributed by atoms with Crippen LogP contribution in [-0.2, 0) is 4.74 Å². The molecule has 2 rings (SSSR count). The summed E-state index contributed by atoms with van der Waals surface area (Å²) in [7, 11) is 1.52. The number of carbonyl (C=O) groups is 1. The molecule has 2 aromatic rings. The van der Waals surface area contributed by atoms with Crippen LogP contribution in [0.5, 0.6) is 5.88 Å². The first-order chi connectivity index (χ1) is 8.67. The normalized spacial score (nSPS) is 10.4. The molecule has 18 heavy (non-hydrogen) atoms. The predicted octanol–water partition coefficient (Wildman–Crippen LogP) is 2.47. The van der Waals surface area contributed by atoms with Gasteiger partial charge in [-0.2, -0.15) is 4.98 Å². The van der Waals surface area contributed by atoms with Crippen LogP contribution < -0.4 is 4.74 Å². The lowest BCUT2D eigenvalue weighted by Crippen LogP contribution is -2.06. The Labute approximate surface area is 109 Å². The molecule has 0 saturated heterocycles. The summed E-state index contributed by atoms with van der Waals surface area (Å²) in [6, 6.07) is 3.37. The van der Waals surface area contributed by atoms with Crippen molar-refractivity contribution >= 4 is 28.6 Å². The van der Waals surface area contributed by atoms with Crippen LogP contribution in [0.15, 0.2) is 18.3 Å². The zero-order valence-electron chi connectivity index (χ0n) is 9.94. The van der Waals surface area contributed by atoms with Gasteiger partial charge in [0.25, 0.3) is 0 Å². The Bertz CT molecular complexity index is 601. The number of pyridine rings is 2. The summed E-state index contributed by atoms with van der Waals surface area (Å²) in [6.45, 7) is 2.01. The van der Waals surface area contributed by atoms with Gasteiger partial charge >= 0.3 is 5.97 Å². The minimum absolute atomic E-state index is 0.234. The zero-order valence-corrected chi connectivity index (χ0v) is 10.7. The number of nitrogens with zero attached hydrogens (tertiary/aromatic N) is 2. The minimum Gasteiger partial charge on any atom is -0.481 e. The smallest absolute Gasteiger partial charge is 0.341 e. The number of rotatable bonds is 3. The van der Waals surface area contributed by atoms with Crippen molar-refractivity contribution in [3.8, 4) is 5.88 Å². The maximum Gasteiger partial charge on any atom is 0.341 e. The Kier molecular flexibility index (Phi) is 3.62. The van der Waals surface area contributed by atoms with Crippen LogP contribution in [0.4, 0.5) is 0 Å². The molecule has 0 aromatic carbocycles. The van der Waals surface area contributed by atoms with Crippen molar-refractivity contribution in [1.29, 1.82) is 0 Å². The largest absolute Gasteiger partial charge is 0.481 e. The number of halogens is 1. The first-order valence-electron chi connectivity index (χ1n) is 5.33. The molecular weight excluding hydrogens is 256 g/mol. The van der Waals surface area contributed by atoms with Gasteiger partial charge in [-0.1, -0.05) is 11.6 Å². The molecule has 6 heteroatoms. The highest BCUT2D eigenvalue weighted by Gasteiger charge is 2.15. The second-order valence-corrected chi connectivity index (χ2v) is 3.81. The van der Waals surface area contributed by atoms with Crippen molar-refractivity contribution in [1.82, 2.24) is 9.97 Å². The van der Waals surface area contributed by atoms with Crippen LogP contribution in [0.25, 0.3) is 11.0 Å². The Morgan fingerprint density at radius 2 is 2.22 bits per heavy atom. The number of fused-ring (bicyclic) bond motifs is 1. The Hall–Kier alpha value is -1.88. The van der Waals surface area contributed by atoms with Gasteiger partial charge in [-0.05, 0) is 13.0 Å². The van der Waals surface area contributed by atoms with E-state index in [4.69, 9.17) is 21.1 Å². The fraction of sp³-hybridized carbons (Fsp3) is 0.250.